The van der Waals surface area contributed by atoms with E-state index >= 15 is 0 Å². The van der Waals surface area contributed by atoms with Gasteiger partial charge in [-0.2, -0.15) is 0 Å². The number of aromatic nitrogens is 1. The van der Waals surface area contributed by atoms with Crippen LogP contribution in [0.4, 0.5) is 0 Å². The van der Waals surface area contributed by atoms with Crippen molar-refractivity contribution in [1.82, 2.24) is 20.1 Å². The molecule has 6 nitrogen and oxygen atoms in total. The molecule has 0 aliphatic carbocycles. The first-order valence-electron chi connectivity index (χ1n) is 7.06. The summed E-state index contributed by atoms with van der Waals surface area (Å²) in [6.07, 6.45) is 1.75. The zero-order valence-corrected chi connectivity index (χ0v) is 13.3. The molecule has 1 atom stereocenters. The van der Waals surface area contributed by atoms with Crippen molar-refractivity contribution in [2.75, 3.05) is 26.7 Å². The zero-order valence-electron chi connectivity index (χ0n) is 12.5. The highest BCUT2D eigenvalue weighted by Gasteiger charge is 2.33. The van der Waals surface area contributed by atoms with Gasteiger partial charge < -0.3 is 20.1 Å². The van der Waals surface area contributed by atoms with E-state index in [1.54, 1.807) is 24.2 Å². The van der Waals surface area contributed by atoms with Gasteiger partial charge in [-0.1, -0.05) is 11.6 Å². The van der Waals surface area contributed by atoms with Crippen molar-refractivity contribution in [1.29, 1.82) is 0 Å². The number of nitrogens with one attached hydrogen (secondary N) is 2. The van der Waals surface area contributed by atoms with Crippen LogP contribution in [-0.4, -0.2) is 54.0 Å². The number of carbonyl (C=O) groups excluding carboxylic acids is 2. The van der Waals surface area contributed by atoms with Gasteiger partial charge in [0.1, 0.15) is 11.7 Å². The first-order chi connectivity index (χ1) is 9.95. The van der Waals surface area contributed by atoms with Gasteiger partial charge in [0.25, 0.3) is 5.91 Å². The van der Waals surface area contributed by atoms with Gasteiger partial charge in [-0.3, -0.25) is 9.59 Å². The van der Waals surface area contributed by atoms with Gasteiger partial charge in [-0.05, 0) is 19.9 Å². The molecule has 2 rings (SSSR count). The molecule has 0 radical (unpaired) electrons. The zero-order chi connectivity index (χ0) is 15.6. The molecule has 1 saturated heterocycles. The number of hydrogen-bond donors (Lipinski definition) is 2. The second kappa shape index (κ2) is 6.49. The van der Waals surface area contributed by atoms with E-state index in [1.807, 2.05) is 18.4 Å². The van der Waals surface area contributed by atoms with E-state index < -0.39 is 6.04 Å². The number of halogens is 1. The molecule has 116 valence electrons. The van der Waals surface area contributed by atoms with Crippen molar-refractivity contribution in [2.45, 2.75) is 25.9 Å². The standard InChI is InChI=1S/C14H21ClN4O2/c1-9(2)19-8-10(15)6-11(19)14(21)18-5-4-17-7-12(18)13(20)16-3/h6,8-9,12,17H,4-5,7H2,1-3H3,(H,16,20). The first kappa shape index (κ1) is 15.9. The summed E-state index contributed by atoms with van der Waals surface area (Å²) < 4.78 is 1.84. The van der Waals surface area contributed by atoms with E-state index in [1.165, 1.54) is 0 Å². The quantitative estimate of drug-likeness (QED) is 0.871. The van der Waals surface area contributed by atoms with Crippen LogP contribution >= 0.6 is 11.6 Å². The largest absolute Gasteiger partial charge is 0.357 e. The lowest BCUT2D eigenvalue weighted by atomic mass is 10.1. The Bertz CT molecular complexity index is 541. The number of piperazine rings is 1. The van der Waals surface area contributed by atoms with E-state index in [0.29, 0.717) is 30.4 Å². The van der Waals surface area contributed by atoms with Gasteiger partial charge in [-0.25, -0.2) is 0 Å². The Morgan fingerprint density at radius 1 is 1.48 bits per heavy atom. The summed E-state index contributed by atoms with van der Waals surface area (Å²) in [7, 11) is 1.58. The summed E-state index contributed by atoms with van der Waals surface area (Å²) >= 11 is 6.04. The molecular weight excluding hydrogens is 292 g/mol. The average molecular weight is 313 g/mol. The fourth-order valence-electron chi connectivity index (χ4n) is 2.54. The Balaban J connectivity index is 2.31. The topological polar surface area (TPSA) is 66.4 Å². The number of carbonyl (C=O) groups is 2. The van der Waals surface area contributed by atoms with Gasteiger partial charge in [0.2, 0.25) is 5.91 Å². The van der Waals surface area contributed by atoms with Gasteiger partial charge in [-0.15, -0.1) is 0 Å². The lowest BCUT2D eigenvalue weighted by molar-refractivity contribution is -0.125. The van der Waals surface area contributed by atoms with Crippen LogP contribution in [0.25, 0.3) is 0 Å². The Labute approximate surface area is 129 Å². The van der Waals surface area contributed by atoms with E-state index in [2.05, 4.69) is 10.6 Å². The minimum atomic E-state index is -0.495. The molecule has 2 amide bonds. The highest BCUT2D eigenvalue weighted by atomic mass is 35.5. The minimum absolute atomic E-state index is 0.123. The van der Waals surface area contributed by atoms with Crippen molar-refractivity contribution in [3.63, 3.8) is 0 Å². The van der Waals surface area contributed by atoms with E-state index in [-0.39, 0.29) is 17.9 Å². The third kappa shape index (κ3) is 3.22. The van der Waals surface area contributed by atoms with Crippen molar-refractivity contribution in [3.8, 4) is 0 Å². The second-order valence-corrected chi connectivity index (χ2v) is 5.81. The summed E-state index contributed by atoms with van der Waals surface area (Å²) in [4.78, 5) is 26.4. The Morgan fingerprint density at radius 2 is 2.19 bits per heavy atom. The fourth-order valence-corrected chi connectivity index (χ4v) is 2.75. The number of rotatable bonds is 3. The summed E-state index contributed by atoms with van der Waals surface area (Å²) in [5.74, 6) is -0.324. The molecule has 0 saturated carbocycles. The Kier molecular flexibility index (Phi) is 4.90. The van der Waals surface area contributed by atoms with E-state index in [0.717, 1.165) is 0 Å². The molecule has 7 heteroatoms. The maximum absolute atomic E-state index is 12.8. The van der Waals surface area contributed by atoms with E-state index in [4.69, 9.17) is 11.6 Å². The molecule has 0 spiro atoms. The predicted octanol–water partition coefficient (Wildman–Crippen LogP) is 0.882. The van der Waals surface area contributed by atoms with Crippen LogP contribution < -0.4 is 10.6 Å². The van der Waals surface area contributed by atoms with E-state index in [9.17, 15) is 9.59 Å². The maximum atomic E-state index is 12.8. The molecule has 1 unspecified atom stereocenters. The number of nitrogens with zero attached hydrogens (tertiary/aromatic N) is 2. The normalized spacial score (nSPS) is 18.9. The second-order valence-electron chi connectivity index (χ2n) is 5.38. The summed E-state index contributed by atoms with van der Waals surface area (Å²) in [6, 6.07) is 1.29. The number of likely N-dealkylation sites (N-methyl/N-ethyl adjacent to an activating group) is 1. The van der Waals surface area contributed by atoms with Crippen molar-refractivity contribution < 1.29 is 9.59 Å². The average Bonchev–Trinajstić information content (AvgIpc) is 2.88. The summed E-state index contributed by atoms with van der Waals surface area (Å²) in [5, 5.41) is 6.28. The van der Waals surface area contributed by atoms with Crippen LogP contribution in [0.5, 0.6) is 0 Å². The fraction of sp³-hybridized carbons (Fsp3) is 0.571. The molecule has 2 N–H and O–H groups in total. The van der Waals surface area contributed by atoms with Crippen molar-refractivity contribution in [2.24, 2.45) is 0 Å². The van der Waals surface area contributed by atoms with Crippen LogP contribution in [0.2, 0.25) is 5.02 Å². The molecule has 1 aliphatic heterocycles. The van der Waals surface area contributed by atoms with Gasteiger partial charge in [0, 0.05) is 38.9 Å². The highest BCUT2D eigenvalue weighted by Crippen LogP contribution is 2.21. The Morgan fingerprint density at radius 3 is 2.81 bits per heavy atom. The van der Waals surface area contributed by atoms with Crippen LogP contribution in [0.15, 0.2) is 12.3 Å². The third-order valence-electron chi connectivity index (χ3n) is 3.64. The number of amides is 2. The molecule has 1 aromatic rings. The summed E-state index contributed by atoms with van der Waals surface area (Å²) in [6.45, 7) is 5.61. The van der Waals surface area contributed by atoms with Crippen molar-refractivity contribution >= 4 is 23.4 Å². The molecule has 1 aromatic heterocycles. The minimum Gasteiger partial charge on any atom is -0.357 e. The summed E-state index contributed by atoms with van der Waals surface area (Å²) in [5.41, 5.74) is 0.519. The van der Waals surface area contributed by atoms with Gasteiger partial charge in [0.15, 0.2) is 0 Å². The van der Waals surface area contributed by atoms with Crippen LogP contribution in [-0.2, 0) is 4.79 Å². The third-order valence-corrected chi connectivity index (χ3v) is 3.85. The lowest BCUT2D eigenvalue weighted by Crippen LogP contribution is -2.59. The molecule has 2 heterocycles. The molecule has 1 fully saturated rings. The maximum Gasteiger partial charge on any atom is 0.271 e. The SMILES string of the molecule is CNC(=O)C1CNCCN1C(=O)c1cc(Cl)cn1C(C)C. The van der Waals surface area contributed by atoms with Crippen LogP contribution in [0, 0.1) is 0 Å². The van der Waals surface area contributed by atoms with Crippen molar-refractivity contribution in [3.05, 3.63) is 23.0 Å². The highest BCUT2D eigenvalue weighted by molar-refractivity contribution is 6.31. The molecular formula is C14H21ClN4O2. The monoisotopic (exact) mass is 312 g/mol. The van der Waals surface area contributed by atoms with Gasteiger partial charge >= 0.3 is 0 Å². The molecule has 21 heavy (non-hydrogen) atoms. The lowest BCUT2D eigenvalue weighted by Gasteiger charge is -2.35. The van der Waals surface area contributed by atoms with Crippen LogP contribution in [0.1, 0.15) is 30.4 Å². The molecule has 0 bridgehead atoms. The predicted molar refractivity (Wildman–Crippen MR) is 81.6 cm³/mol. The molecule has 0 aromatic carbocycles. The molecule has 1 aliphatic rings. The Hall–Kier alpha value is -1.53. The van der Waals surface area contributed by atoms with Crippen LogP contribution in [0.3, 0.4) is 0 Å². The first-order valence-corrected chi connectivity index (χ1v) is 7.44. The smallest absolute Gasteiger partial charge is 0.271 e. The number of hydrogen-bond acceptors (Lipinski definition) is 3. The van der Waals surface area contributed by atoms with Gasteiger partial charge in [0.05, 0.1) is 5.02 Å².